The van der Waals surface area contributed by atoms with Gasteiger partial charge in [-0.05, 0) is 141 Å². The van der Waals surface area contributed by atoms with E-state index in [1.165, 1.54) is 54.2 Å². The van der Waals surface area contributed by atoms with E-state index in [4.69, 9.17) is 14.2 Å². The molecule has 3 aliphatic heterocycles. The zero-order valence-electron chi connectivity index (χ0n) is 46.0. The van der Waals surface area contributed by atoms with Crippen LogP contribution in [0.25, 0.3) is 11.4 Å². The normalized spacial score (nSPS) is 24.4. The average molecular weight is 1100 g/mol. The summed E-state index contributed by atoms with van der Waals surface area (Å²) in [4.78, 5) is 31.2. The van der Waals surface area contributed by atoms with E-state index in [0.29, 0.717) is 66.6 Å². The molecule has 6 aliphatic rings. The number of allylic oxidation sites excluding steroid dienone is 2. The number of benzene rings is 3. The van der Waals surface area contributed by atoms with Crippen molar-refractivity contribution in [3.63, 3.8) is 0 Å². The number of hydrogen-bond donors (Lipinski definition) is 4. The number of carbonyl (C=O) groups excluding carboxylic acids is 1. The molecule has 79 heavy (non-hydrogen) atoms. The molecule has 5 unspecified atom stereocenters. The molecular formula is C61H73FN8O8S. The van der Waals surface area contributed by atoms with E-state index < -0.39 is 28.3 Å². The van der Waals surface area contributed by atoms with Gasteiger partial charge in [-0.25, -0.2) is 18.6 Å². The number of quaternary nitrogens is 1. The zero-order chi connectivity index (χ0) is 55.5. The second-order valence-corrected chi connectivity index (χ2v) is 24.6. The molecule has 16 nitrogen and oxygen atoms in total. The Morgan fingerprint density at radius 1 is 1.04 bits per heavy atom. The number of carbonyl (C=O) groups is 1. The van der Waals surface area contributed by atoms with Gasteiger partial charge >= 0.3 is 0 Å². The number of piperazine rings is 1. The summed E-state index contributed by atoms with van der Waals surface area (Å²) < 4.78 is 47.4. The van der Waals surface area contributed by atoms with E-state index in [9.17, 15) is 24.5 Å². The fourth-order valence-electron chi connectivity index (χ4n) is 13.2. The smallest absolute Gasteiger partial charge is 0.293 e. The molecule has 3 aliphatic carbocycles. The number of pyridine rings is 2. The standard InChI is InChI=1S/C61H73FN8O8S/c1-8-77-58-53(30-48-49(62)27-38(4)54(48)65-58)78-52-28-41(15-18-47(52)59(71)70(74)79(75)44-29-50(66(6)73)57(64-34-44)63-33-39-19-21-60(5,72)22-20-39)67-25-23-61(24-26-67)31-42(32-61)69-51-36-68(35-40-13-16-43(76-7)17-14-40)56(51)55(69)46-12-10-9-11-45(46)37(2)3/h9-18,27-30,34,37,39,42,51,55-56,66,72,74H,4,8,19-26,31-33,35-36H2,1-3,5-7H3,(H,63,64). The number of piperidine rings is 1. The van der Waals surface area contributed by atoms with Gasteiger partial charge in [0.15, 0.2) is 28.2 Å². The van der Waals surface area contributed by atoms with Crippen molar-refractivity contribution in [1.82, 2.24) is 24.2 Å². The Morgan fingerprint density at radius 3 is 2.47 bits per heavy atom. The quantitative estimate of drug-likeness (QED) is 0.0481. The number of ether oxygens (including phenoxy) is 3. The van der Waals surface area contributed by atoms with Crippen molar-refractivity contribution in [2.75, 3.05) is 57.2 Å². The highest BCUT2D eigenvalue weighted by atomic mass is 32.2. The summed E-state index contributed by atoms with van der Waals surface area (Å²) in [7, 11) is 0.531. The average Bonchev–Trinajstić information content (AvgIpc) is 2.74. The zero-order valence-corrected chi connectivity index (χ0v) is 46.9. The molecule has 18 heteroatoms. The van der Waals surface area contributed by atoms with Crippen LogP contribution in [0.3, 0.4) is 0 Å². The lowest BCUT2D eigenvalue weighted by Gasteiger charge is -2.72. The molecule has 5 atom stereocenters. The molecule has 2 aromatic heterocycles. The van der Waals surface area contributed by atoms with Crippen LogP contribution in [-0.2, 0) is 17.5 Å². The summed E-state index contributed by atoms with van der Waals surface area (Å²) in [5.74, 6) is 0.328. The molecule has 4 N–H and O–H groups in total. The van der Waals surface area contributed by atoms with Crippen LogP contribution in [0.15, 0.2) is 103 Å². The van der Waals surface area contributed by atoms with Gasteiger partial charge in [0.05, 0.1) is 48.6 Å². The third-order valence-electron chi connectivity index (χ3n) is 17.7. The Labute approximate surface area is 465 Å². The Kier molecular flexibility index (Phi) is 15.2. The van der Waals surface area contributed by atoms with Gasteiger partial charge in [-0.2, -0.15) is 0 Å². The fraction of sp³-hybridized carbons (Fsp3) is 0.459. The molecule has 5 fully saturated rings. The Morgan fingerprint density at radius 2 is 1.77 bits per heavy atom. The number of anilines is 2. The maximum atomic E-state index is 15.3. The van der Waals surface area contributed by atoms with E-state index in [-0.39, 0.29) is 66.6 Å². The van der Waals surface area contributed by atoms with Crippen LogP contribution in [0.1, 0.15) is 129 Å². The van der Waals surface area contributed by atoms with Gasteiger partial charge in [-0.1, -0.05) is 56.8 Å². The van der Waals surface area contributed by atoms with Crippen molar-refractivity contribution < 1.29 is 43.0 Å². The van der Waals surface area contributed by atoms with Crippen LogP contribution in [0.5, 0.6) is 23.1 Å². The number of hydroxylamine groups is 2. The number of amides is 1. The number of nitrogens with one attached hydrogen (secondary N) is 2. The minimum Gasteiger partial charge on any atom is -0.629 e. The van der Waals surface area contributed by atoms with Gasteiger partial charge in [0.2, 0.25) is 0 Å². The molecule has 5 heterocycles. The largest absolute Gasteiger partial charge is 0.629 e. The first-order valence-corrected chi connectivity index (χ1v) is 29.0. The molecule has 2 saturated carbocycles. The molecular weight excluding hydrogens is 1020 g/mol. The molecule has 0 radical (unpaired) electrons. The van der Waals surface area contributed by atoms with Crippen molar-refractivity contribution in [3.05, 3.63) is 136 Å². The SMILES string of the molecule is C=C1C=C(F)c2cc(Oc3cc(N4CCC5(CC4)CC(N4C6CN(Cc7ccc(OC)cc7)C6C4c4ccccc4C(C)C)C5)ccc3C(=O)N(O)S(=O)c3cnc(NCC4CCC(C)(O)CC4)c([NH+](C)[O-])c3)c(OCC)nc21. The lowest BCUT2D eigenvalue weighted by Crippen LogP contribution is -2.98. The number of halogens is 1. The van der Waals surface area contributed by atoms with E-state index in [0.717, 1.165) is 76.1 Å². The second kappa shape index (κ2) is 22.0. The number of fused-ring (bicyclic) bond motifs is 2. The first kappa shape index (κ1) is 54.7. The molecule has 0 bridgehead atoms. The van der Waals surface area contributed by atoms with Crippen LogP contribution in [0, 0.1) is 16.5 Å². The Balaban J connectivity index is 0.813. The molecule has 1 amide bonds. The van der Waals surface area contributed by atoms with Gasteiger partial charge in [0.25, 0.3) is 11.8 Å². The van der Waals surface area contributed by atoms with Crippen LogP contribution < -0.4 is 29.5 Å². The second-order valence-electron chi connectivity index (χ2n) is 23.3. The minimum atomic E-state index is -2.54. The topological polar surface area (TPSA) is 181 Å². The summed E-state index contributed by atoms with van der Waals surface area (Å²) in [6.07, 6.45) is 9.74. The Hall–Kier alpha value is -6.25. The molecule has 418 valence electrons. The minimum absolute atomic E-state index is 0.000580. The molecule has 1 spiro atoms. The van der Waals surface area contributed by atoms with E-state index in [1.807, 2.05) is 19.1 Å². The summed E-state index contributed by atoms with van der Waals surface area (Å²) in [6.45, 7) is 16.4. The van der Waals surface area contributed by atoms with Crippen LogP contribution >= 0.6 is 0 Å². The van der Waals surface area contributed by atoms with Crippen molar-refractivity contribution in [2.45, 2.75) is 126 Å². The summed E-state index contributed by atoms with van der Waals surface area (Å²) >= 11 is 0. The molecule has 3 saturated heterocycles. The van der Waals surface area contributed by atoms with E-state index in [1.54, 1.807) is 26.2 Å². The summed E-state index contributed by atoms with van der Waals surface area (Å²) in [5, 5.41) is 37.8. The number of rotatable bonds is 18. The van der Waals surface area contributed by atoms with Crippen LogP contribution in [-0.4, -0.2) is 115 Å². The van der Waals surface area contributed by atoms with Crippen molar-refractivity contribution >= 4 is 45.5 Å². The lowest BCUT2D eigenvalue weighted by molar-refractivity contribution is -0.751. The van der Waals surface area contributed by atoms with Crippen molar-refractivity contribution in [3.8, 4) is 23.1 Å². The third kappa shape index (κ3) is 10.7. The number of hydrogen-bond acceptors (Lipinski definition) is 14. The predicted molar refractivity (Wildman–Crippen MR) is 303 cm³/mol. The van der Waals surface area contributed by atoms with E-state index >= 15 is 4.39 Å². The fourth-order valence-corrected chi connectivity index (χ4v) is 14.0. The highest BCUT2D eigenvalue weighted by molar-refractivity contribution is 7.83. The summed E-state index contributed by atoms with van der Waals surface area (Å²) in [6, 6.07) is 27.1. The van der Waals surface area contributed by atoms with Gasteiger partial charge in [-0.3, -0.25) is 19.8 Å². The van der Waals surface area contributed by atoms with Crippen molar-refractivity contribution in [1.29, 1.82) is 0 Å². The predicted octanol–water partition coefficient (Wildman–Crippen LogP) is 9.75. The van der Waals surface area contributed by atoms with Crippen LogP contribution in [0.2, 0.25) is 0 Å². The van der Waals surface area contributed by atoms with E-state index in [2.05, 4.69) is 86.8 Å². The number of methoxy groups -OCH3 is 1. The lowest BCUT2D eigenvalue weighted by atomic mass is 9.57. The number of likely N-dealkylation sites (tertiary alicyclic amines) is 2. The van der Waals surface area contributed by atoms with Crippen molar-refractivity contribution in [2.24, 2.45) is 11.3 Å². The highest BCUT2D eigenvalue weighted by Gasteiger charge is 2.64. The van der Waals surface area contributed by atoms with Gasteiger partial charge in [0.1, 0.15) is 17.3 Å². The van der Waals surface area contributed by atoms with Gasteiger partial charge in [-0.15, -0.1) is 4.47 Å². The molecule has 11 rings (SSSR count). The first-order valence-electron chi connectivity index (χ1n) is 27.9. The monoisotopic (exact) mass is 1100 g/mol. The Bertz CT molecular complexity index is 3160. The maximum Gasteiger partial charge on any atom is 0.293 e. The van der Waals surface area contributed by atoms with Crippen LogP contribution in [0.4, 0.5) is 21.6 Å². The maximum absolute atomic E-state index is 15.3. The number of aromatic nitrogens is 2. The molecule has 5 aromatic rings. The number of aliphatic hydroxyl groups is 1. The number of nitrogens with zero attached hydrogens (tertiary/aromatic N) is 6. The third-order valence-corrected chi connectivity index (χ3v) is 18.8. The summed E-state index contributed by atoms with van der Waals surface area (Å²) in [5.41, 5.74) is 5.30. The van der Waals surface area contributed by atoms with Gasteiger partial charge in [0, 0.05) is 80.4 Å². The van der Waals surface area contributed by atoms with Gasteiger partial charge < -0.3 is 39.8 Å². The highest BCUT2D eigenvalue weighted by Crippen LogP contribution is 2.60. The first-order chi connectivity index (χ1) is 37.9. The molecule has 3 aromatic carbocycles.